The average Bonchev–Trinajstić information content (AvgIpc) is 2.42. The first-order valence-electron chi connectivity index (χ1n) is 7.19. The first-order valence-corrected chi connectivity index (χ1v) is 7.19. The molecule has 0 atom stereocenters. The van der Waals surface area contributed by atoms with Gasteiger partial charge >= 0.3 is 0 Å². The summed E-state index contributed by atoms with van der Waals surface area (Å²) >= 11 is 0. The van der Waals surface area contributed by atoms with Crippen molar-refractivity contribution in [3.8, 4) is 0 Å². The topological polar surface area (TPSA) is 32.3 Å². The quantitative estimate of drug-likeness (QED) is 0.759. The molecule has 0 heterocycles. The highest BCUT2D eigenvalue weighted by Gasteiger charge is 2.17. The third kappa shape index (κ3) is 4.58. The number of benzene rings is 1. The summed E-state index contributed by atoms with van der Waals surface area (Å²) in [6.07, 6.45) is 3.43. The van der Waals surface area contributed by atoms with Gasteiger partial charge in [0.2, 0.25) is 0 Å². The van der Waals surface area contributed by atoms with Crippen LogP contribution in [0.1, 0.15) is 50.4 Å². The minimum absolute atomic E-state index is 0.133. The highest BCUT2D eigenvalue weighted by molar-refractivity contribution is 5.94. The number of hydrogen-bond acceptors (Lipinski definition) is 2. The maximum absolute atomic E-state index is 12.5. The van der Waals surface area contributed by atoms with Gasteiger partial charge in [-0.3, -0.25) is 4.79 Å². The summed E-state index contributed by atoms with van der Waals surface area (Å²) in [6.45, 7) is 7.17. The second-order valence-electron chi connectivity index (χ2n) is 5.13. The van der Waals surface area contributed by atoms with E-state index in [0.29, 0.717) is 0 Å². The molecule has 1 N–H and O–H groups in total. The Balaban J connectivity index is 2.74. The molecule has 0 radical (unpaired) electrons. The molecule has 0 unspecified atom stereocenters. The number of unbranched alkanes of at least 4 members (excludes halogenated alkanes) is 2. The lowest BCUT2D eigenvalue weighted by Crippen LogP contribution is -2.37. The smallest absolute Gasteiger partial charge is 0.254 e. The third-order valence-electron chi connectivity index (χ3n) is 3.31. The van der Waals surface area contributed by atoms with Crippen molar-refractivity contribution < 1.29 is 4.79 Å². The van der Waals surface area contributed by atoms with E-state index in [0.717, 1.165) is 24.2 Å². The van der Waals surface area contributed by atoms with Crippen LogP contribution in [0.2, 0.25) is 0 Å². The molecule has 0 saturated heterocycles. The van der Waals surface area contributed by atoms with E-state index in [9.17, 15) is 4.79 Å². The minimum Gasteiger partial charge on any atom is -0.388 e. The first-order chi connectivity index (χ1) is 9.10. The summed E-state index contributed by atoms with van der Waals surface area (Å²) in [5.41, 5.74) is 1.79. The van der Waals surface area contributed by atoms with Gasteiger partial charge in [-0.25, -0.2) is 0 Å². The van der Waals surface area contributed by atoms with Crippen LogP contribution < -0.4 is 5.32 Å². The van der Waals surface area contributed by atoms with Crippen molar-refractivity contribution in [1.29, 1.82) is 0 Å². The van der Waals surface area contributed by atoms with E-state index in [1.54, 1.807) is 0 Å². The van der Waals surface area contributed by atoms with Gasteiger partial charge < -0.3 is 10.2 Å². The molecule has 0 bridgehead atoms. The molecule has 0 aliphatic rings. The summed E-state index contributed by atoms with van der Waals surface area (Å²) in [6, 6.07) is 7.91. The number of hydrogen-bond donors (Lipinski definition) is 1. The van der Waals surface area contributed by atoms with Crippen molar-refractivity contribution >= 4 is 11.6 Å². The lowest BCUT2D eigenvalue weighted by atomic mass is 10.1. The van der Waals surface area contributed by atoms with Gasteiger partial charge in [0, 0.05) is 30.9 Å². The van der Waals surface area contributed by atoms with Crippen molar-refractivity contribution in [1.82, 2.24) is 4.90 Å². The lowest BCUT2D eigenvalue weighted by Gasteiger charge is -2.27. The second-order valence-corrected chi connectivity index (χ2v) is 5.13. The molecule has 1 rings (SSSR count). The van der Waals surface area contributed by atoms with Crippen LogP contribution >= 0.6 is 0 Å². The summed E-state index contributed by atoms with van der Waals surface area (Å²) < 4.78 is 0. The Morgan fingerprint density at radius 3 is 2.32 bits per heavy atom. The van der Waals surface area contributed by atoms with Gasteiger partial charge in [0.15, 0.2) is 0 Å². The first kappa shape index (κ1) is 15.5. The number of nitrogens with one attached hydrogen (secondary N) is 1. The Labute approximate surface area is 117 Å². The molecule has 0 aliphatic carbocycles. The SMILES string of the molecule is CCCCCN(C(=O)c1ccc(NC)cc1)C(C)C. The molecule has 106 valence electrons. The van der Waals surface area contributed by atoms with Crippen LogP contribution in [0.25, 0.3) is 0 Å². The molecule has 1 amide bonds. The molecule has 0 spiro atoms. The second kappa shape index (κ2) is 7.82. The summed E-state index contributed by atoms with van der Waals surface area (Å²) in [5.74, 6) is 0.133. The number of nitrogens with zero attached hydrogens (tertiary/aromatic N) is 1. The number of anilines is 1. The Morgan fingerprint density at radius 2 is 1.84 bits per heavy atom. The van der Waals surface area contributed by atoms with Gasteiger partial charge in [-0.1, -0.05) is 19.8 Å². The van der Waals surface area contributed by atoms with Crippen molar-refractivity contribution in [3.05, 3.63) is 29.8 Å². The number of rotatable bonds is 7. The number of carbonyl (C=O) groups is 1. The normalized spacial score (nSPS) is 10.6. The van der Waals surface area contributed by atoms with Gasteiger partial charge in [0.25, 0.3) is 5.91 Å². The predicted octanol–water partition coefficient (Wildman–Crippen LogP) is 3.77. The molecule has 0 saturated carbocycles. The van der Waals surface area contributed by atoms with Crippen LogP contribution in [0.5, 0.6) is 0 Å². The van der Waals surface area contributed by atoms with Crippen molar-refractivity contribution in [2.24, 2.45) is 0 Å². The van der Waals surface area contributed by atoms with E-state index in [2.05, 4.69) is 26.1 Å². The van der Waals surface area contributed by atoms with Crippen LogP contribution in [0, 0.1) is 0 Å². The van der Waals surface area contributed by atoms with E-state index in [-0.39, 0.29) is 11.9 Å². The molecule has 3 heteroatoms. The molecule has 19 heavy (non-hydrogen) atoms. The average molecular weight is 262 g/mol. The monoisotopic (exact) mass is 262 g/mol. The maximum Gasteiger partial charge on any atom is 0.254 e. The fraction of sp³-hybridized carbons (Fsp3) is 0.562. The van der Waals surface area contributed by atoms with Gasteiger partial charge in [-0.15, -0.1) is 0 Å². The van der Waals surface area contributed by atoms with E-state index >= 15 is 0 Å². The third-order valence-corrected chi connectivity index (χ3v) is 3.31. The summed E-state index contributed by atoms with van der Waals surface area (Å²) in [4.78, 5) is 14.4. The molecule has 1 aromatic carbocycles. The van der Waals surface area contributed by atoms with Crippen LogP contribution in [0.4, 0.5) is 5.69 Å². The molecule has 1 aromatic rings. The van der Waals surface area contributed by atoms with Crippen LogP contribution in [-0.4, -0.2) is 30.4 Å². The Bertz CT molecular complexity index is 384. The van der Waals surface area contributed by atoms with Crippen LogP contribution in [0.15, 0.2) is 24.3 Å². The fourth-order valence-electron chi connectivity index (χ4n) is 2.07. The molecule has 0 aliphatic heterocycles. The fourth-order valence-corrected chi connectivity index (χ4v) is 2.07. The molecule has 0 aromatic heterocycles. The highest BCUT2D eigenvalue weighted by Crippen LogP contribution is 2.13. The predicted molar refractivity (Wildman–Crippen MR) is 81.7 cm³/mol. The minimum atomic E-state index is 0.133. The van der Waals surface area contributed by atoms with Gasteiger partial charge in [-0.2, -0.15) is 0 Å². The zero-order chi connectivity index (χ0) is 14.3. The van der Waals surface area contributed by atoms with E-state index in [4.69, 9.17) is 0 Å². The zero-order valence-corrected chi connectivity index (χ0v) is 12.6. The van der Waals surface area contributed by atoms with E-state index < -0.39 is 0 Å². The number of carbonyl (C=O) groups excluding carboxylic acids is 1. The maximum atomic E-state index is 12.5. The summed E-state index contributed by atoms with van der Waals surface area (Å²) in [5, 5.41) is 3.06. The largest absolute Gasteiger partial charge is 0.388 e. The van der Waals surface area contributed by atoms with Crippen molar-refractivity contribution in [2.75, 3.05) is 18.9 Å². The van der Waals surface area contributed by atoms with Crippen LogP contribution in [0.3, 0.4) is 0 Å². The summed E-state index contributed by atoms with van der Waals surface area (Å²) in [7, 11) is 1.88. The molecular formula is C16H26N2O. The molecular weight excluding hydrogens is 236 g/mol. The highest BCUT2D eigenvalue weighted by atomic mass is 16.2. The Kier molecular flexibility index (Phi) is 6.40. The van der Waals surface area contributed by atoms with E-state index in [1.165, 1.54) is 12.8 Å². The van der Waals surface area contributed by atoms with Gasteiger partial charge in [0.05, 0.1) is 0 Å². The molecule has 3 nitrogen and oxygen atoms in total. The van der Waals surface area contributed by atoms with Gasteiger partial charge in [-0.05, 0) is 44.5 Å². The van der Waals surface area contributed by atoms with E-state index in [1.807, 2.05) is 36.2 Å². The standard InChI is InChI=1S/C16H26N2O/c1-5-6-7-12-18(13(2)3)16(19)14-8-10-15(17-4)11-9-14/h8-11,13,17H,5-7,12H2,1-4H3. The van der Waals surface area contributed by atoms with Crippen molar-refractivity contribution in [2.45, 2.75) is 46.1 Å². The van der Waals surface area contributed by atoms with Crippen molar-refractivity contribution in [3.63, 3.8) is 0 Å². The Morgan fingerprint density at radius 1 is 1.21 bits per heavy atom. The van der Waals surface area contributed by atoms with Crippen LogP contribution in [-0.2, 0) is 0 Å². The lowest BCUT2D eigenvalue weighted by molar-refractivity contribution is 0.0702. The Hall–Kier alpha value is -1.51. The van der Waals surface area contributed by atoms with Gasteiger partial charge in [0.1, 0.15) is 0 Å². The molecule has 0 fully saturated rings. The number of amides is 1. The zero-order valence-electron chi connectivity index (χ0n) is 12.6.